The van der Waals surface area contributed by atoms with Gasteiger partial charge in [0.1, 0.15) is 5.76 Å². The van der Waals surface area contributed by atoms with Gasteiger partial charge in [0.05, 0.1) is 10.5 Å². The number of nitrogens with zero attached hydrogens (tertiary/aromatic N) is 1. The molecule has 17 heavy (non-hydrogen) atoms. The fourth-order valence-corrected chi connectivity index (χ4v) is 1.90. The Balaban J connectivity index is 2.58. The molecule has 5 nitrogen and oxygen atoms in total. The quantitative estimate of drug-likeness (QED) is 0.371. The molecule has 86 valence electrons. The number of hydrogen-bond acceptors (Lipinski definition) is 4. The van der Waals surface area contributed by atoms with Crippen LogP contribution < -0.4 is 0 Å². The predicted octanol–water partition coefficient (Wildman–Crippen LogP) is 3.27. The summed E-state index contributed by atoms with van der Waals surface area (Å²) in [7, 11) is 0. The monoisotopic (exact) mass is 343 g/mol. The Morgan fingerprint density at radius 2 is 2.06 bits per heavy atom. The lowest BCUT2D eigenvalue weighted by Crippen LogP contribution is -1.92. The van der Waals surface area contributed by atoms with Gasteiger partial charge in [0.25, 0.3) is 5.69 Å². The van der Waals surface area contributed by atoms with Crippen LogP contribution in [0.15, 0.2) is 34.7 Å². The second kappa shape index (κ2) is 4.66. The number of halogens is 1. The molecule has 0 spiro atoms. The Morgan fingerprint density at radius 1 is 1.29 bits per heavy atom. The van der Waals surface area contributed by atoms with Gasteiger partial charge in [0, 0.05) is 9.64 Å². The van der Waals surface area contributed by atoms with Crippen molar-refractivity contribution in [2.24, 2.45) is 0 Å². The van der Waals surface area contributed by atoms with E-state index < -0.39 is 4.92 Å². The summed E-state index contributed by atoms with van der Waals surface area (Å²) in [5.74, 6) is 0.461. The van der Waals surface area contributed by atoms with Crippen LogP contribution in [0.5, 0.6) is 0 Å². The van der Waals surface area contributed by atoms with Gasteiger partial charge in [-0.15, -0.1) is 0 Å². The van der Waals surface area contributed by atoms with Crippen LogP contribution in [0.3, 0.4) is 0 Å². The minimum absolute atomic E-state index is 0.0382. The van der Waals surface area contributed by atoms with E-state index in [4.69, 9.17) is 4.42 Å². The maximum absolute atomic E-state index is 10.9. The summed E-state index contributed by atoms with van der Waals surface area (Å²) >= 11 is 2.00. The smallest absolute Gasteiger partial charge is 0.281 e. The number of furan rings is 1. The van der Waals surface area contributed by atoms with Crippen molar-refractivity contribution in [3.63, 3.8) is 0 Å². The van der Waals surface area contributed by atoms with Gasteiger partial charge in [-0.1, -0.05) is 0 Å². The maximum atomic E-state index is 10.9. The number of aldehydes is 1. The highest BCUT2D eigenvalue weighted by atomic mass is 127. The summed E-state index contributed by atoms with van der Waals surface area (Å²) in [5, 5.41) is 10.9. The van der Waals surface area contributed by atoms with Gasteiger partial charge in [-0.25, -0.2) is 0 Å². The van der Waals surface area contributed by atoms with E-state index >= 15 is 0 Å². The second-order valence-corrected chi connectivity index (χ2v) is 4.48. The Kier molecular flexibility index (Phi) is 3.23. The predicted molar refractivity (Wildman–Crippen MR) is 68.9 cm³/mol. The highest BCUT2D eigenvalue weighted by Gasteiger charge is 2.18. The molecule has 0 N–H and O–H groups in total. The van der Waals surface area contributed by atoms with Crippen LogP contribution in [-0.2, 0) is 0 Å². The van der Waals surface area contributed by atoms with Crippen LogP contribution >= 0.6 is 22.6 Å². The molecule has 0 bridgehead atoms. The number of benzene rings is 1. The normalized spacial score (nSPS) is 10.2. The van der Waals surface area contributed by atoms with Gasteiger partial charge >= 0.3 is 0 Å². The summed E-state index contributed by atoms with van der Waals surface area (Å²) in [4.78, 5) is 20.9. The van der Waals surface area contributed by atoms with Gasteiger partial charge < -0.3 is 4.42 Å². The third kappa shape index (κ3) is 2.36. The van der Waals surface area contributed by atoms with Crippen LogP contribution in [0, 0.1) is 13.7 Å². The molecule has 1 aromatic heterocycles. The van der Waals surface area contributed by atoms with E-state index in [2.05, 4.69) is 0 Å². The van der Waals surface area contributed by atoms with E-state index in [0.29, 0.717) is 17.6 Å². The topological polar surface area (TPSA) is 73.3 Å². The number of carbonyl (C=O) groups is 1. The van der Waals surface area contributed by atoms with Crippen molar-refractivity contribution in [2.75, 3.05) is 0 Å². The van der Waals surface area contributed by atoms with Gasteiger partial charge in [-0.05, 0) is 46.9 Å². The van der Waals surface area contributed by atoms with Crippen molar-refractivity contribution >= 4 is 34.6 Å². The Bertz CT molecular complexity index is 591. The summed E-state index contributed by atoms with van der Waals surface area (Å²) in [6.07, 6.45) is 0.558. The fraction of sp³-hybridized carbons (Fsp3) is 0. The Morgan fingerprint density at radius 3 is 2.65 bits per heavy atom. The third-order valence-electron chi connectivity index (χ3n) is 2.16. The molecule has 6 heteroatoms. The van der Waals surface area contributed by atoms with Crippen molar-refractivity contribution in [3.8, 4) is 11.3 Å². The van der Waals surface area contributed by atoms with Gasteiger partial charge in [0.15, 0.2) is 12.0 Å². The zero-order valence-corrected chi connectivity index (χ0v) is 10.6. The molecule has 0 saturated carbocycles. The first-order valence-electron chi connectivity index (χ1n) is 4.61. The molecule has 0 aliphatic rings. The van der Waals surface area contributed by atoms with Crippen molar-refractivity contribution in [1.29, 1.82) is 0 Å². The lowest BCUT2D eigenvalue weighted by Gasteiger charge is -2.00. The van der Waals surface area contributed by atoms with E-state index in [1.165, 1.54) is 12.1 Å². The number of nitro groups is 1. The number of carbonyl (C=O) groups excluding carboxylic acids is 1. The summed E-state index contributed by atoms with van der Waals surface area (Å²) in [6.45, 7) is 0. The Hall–Kier alpha value is -1.70. The lowest BCUT2D eigenvalue weighted by molar-refractivity contribution is -0.384. The first-order valence-corrected chi connectivity index (χ1v) is 5.69. The molecule has 0 saturated heterocycles. The largest absolute Gasteiger partial charge is 0.453 e. The SMILES string of the molecule is O=Cc1ccc(-c2ccc(I)cc2[N+](=O)[O-])o1. The summed E-state index contributed by atoms with van der Waals surface area (Å²) in [5.41, 5.74) is 0.326. The Labute approximate surface area is 110 Å². The number of nitro benzene ring substituents is 1. The minimum Gasteiger partial charge on any atom is -0.453 e. The van der Waals surface area contributed by atoms with E-state index in [0.717, 1.165) is 3.57 Å². The average molecular weight is 343 g/mol. The van der Waals surface area contributed by atoms with Gasteiger partial charge in [-0.2, -0.15) is 0 Å². The fourth-order valence-electron chi connectivity index (χ4n) is 1.43. The van der Waals surface area contributed by atoms with E-state index in [1.807, 2.05) is 22.6 Å². The molecule has 0 aliphatic carbocycles. The first kappa shape index (κ1) is 11.8. The highest BCUT2D eigenvalue weighted by molar-refractivity contribution is 14.1. The second-order valence-electron chi connectivity index (χ2n) is 3.24. The van der Waals surface area contributed by atoms with Crippen LogP contribution in [0.4, 0.5) is 5.69 Å². The molecular formula is C11H6INO4. The van der Waals surface area contributed by atoms with Crippen LogP contribution in [0.2, 0.25) is 0 Å². The average Bonchev–Trinajstić information content (AvgIpc) is 2.77. The van der Waals surface area contributed by atoms with E-state index in [9.17, 15) is 14.9 Å². The molecule has 0 fully saturated rings. The molecule has 1 aromatic carbocycles. The van der Waals surface area contributed by atoms with Crippen molar-refractivity contribution < 1.29 is 14.1 Å². The summed E-state index contributed by atoms with van der Waals surface area (Å²) < 4.78 is 5.94. The van der Waals surface area contributed by atoms with Crippen molar-refractivity contribution in [1.82, 2.24) is 0 Å². The maximum Gasteiger partial charge on any atom is 0.281 e. The van der Waals surface area contributed by atoms with E-state index in [1.54, 1.807) is 18.2 Å². The van der Waals surface area contributed by atoms with Crippen LogP contribution in [-0.4, -0.2) is 11.2 Å². The lowest BCUT2D eigenvalue weighted by atomic mass is 10.1. The first-order chi connectivity index (χ1) is 8.11. The molecule has 0 amide bonds. The summed E-state index contributed by atoms with van der Waals surface area (Å²) in [6, 6.07) is 7.82. The van der Waals surface area contributed by atoms with Gasteiger partial charge in [0.2, 0.25) is 0 Å². The van der Waals surface area contributed by atoms with Crippen LogP contribution in [0.1, 0.15) is 10.6 Å². The molecular weight excluding hydrogens is 337 g/mol. The van der Waals surface area contributed by atoms with Gasteiger partial charge in [-0.3, -0.25) is 14.9 Å². The zero-order valence-electron chi connectivity index (χ0n) is 8.42. The molecule has 2 aromatic rings. The number of hydrogen-bond donors (Lipinski definition) is 0. The molecule has 0 unspecified atom stereocenters. The molecule has 0 atom stereocenters. The molecule has 2 rings (SSSR count). The third-order valence-corrected chi connectivity index (χ3v) is 2.84. The standard InChI is InChI=1S/C11H6INO4/c12-7-1-3-9(10(5-7)13(15)16)11-4-2-8(6-14)17-11/h1-6H. The molecule has 0 radical (unpaired) electrons. The van der Waals surface area contributed by atoms with Crippen molar-refractivity contribution in [3.05, 3.63) is 49.8 Å². The van der Waals surface area contributed by atoms with Crippen molar-refractivity contribution in [2.45, 2.75) is 0 Å². The molecule has 1 heterocycles. The minimum atomic E-state index is -0.472. The molecule has 0 aliphatic heterocycles. The van der Waals surface area contributed by atoms with E-state index in [-0.39, 0.29) is 11.4 Å². The van der Waals surface area contributed by atoms with Crippen LogP contribution in [0.25, 0.3) is 11.3 Å². The highest BCUT2D eigenvalue weighted by Crippen LogP contribution is 2.32. The zero-order chi connectivity index (χ0) is 12.4. The number of rotatable bonds is 3.